The number of aliphatic hydroxyl groups is 1. The van der Waals surface area contributed by atoms with Crippen LogP contribution < -0.4 is 4.74 Å². The monoisotopic (exact) mass is 472 g/mol. The maximum Gasteiger partial charge on any atom is 0.237 e. The van der Waals surface area contributed by atoms with Crippen molar-refractivity contribution < 1.29 is 19.4 Å². The molecule has 7 heteroatoms. The van der Waals surface area contributed by atoms with Crippen molar-refractivity contribution in [2.75, 3.05) is 39.4 Å². The number of aryl methyl sites for hydroxylation is 1. The van der Waals surface area contributed by atoms with E-state index in [4.69, 9.17) is 9.47 Å². The van der Waals surface area contributed by atoms with Crippen LogP contribution in [-0.2, 0) is 16.0 Å². The number of hydrogen-bond acceptors (Lipinski definition) is 6. The predicted molar refractivity (Wildman–Crippen MR) is 133 cm³/mol. The minimum absolute atomic E-state index is 0.0307. The number of carbonyl (C=O) groups excluding carboxylic acids is 1. The number of aliphatic hydroxyl groups excluding tert-OH is 1. The van der Waals surface area contributed by atoms with Crippen molar-refractivity contribution in [3.05, 3.63) is 64.4 Å². The summed E-state index contributed by atoms with van der Waals surface area (Å²) >= 11 is 1.74. The lowest BCUT2D eigenvalue weighted by Gasteiger charge is -2.37. The Labute approximate surface area is 201 Å². The van der Waals surface area contributed by atoms with Crippen LogP contribution in [0.3, 0.4) is 0 Å². The minimum Gasteiger partial charge on any atom is -0.491 e. The summed E-state index contributed by atoms with van der Waals surface area (Å²) in [5.74, 6) is 0.833. The average Bonchev–Trinajstić information content (AvgIpc) is 3.26. The fraction of sp³-hybridized carbons (Fsp3) is 0.500. The van der Waals surface area contributed by atoms with E-state index in [1.54, 1.807) is 17.4 Å². The van der Waals surface area contributed by atoms with Crippen LogP contribution >= 0.6 is 11.3 Å². The standard InChI is InChI=1S/C26H36N2O4S/c1-5-12-27(15-21(29)17-31-19(2)3)16-26(30)28-13-10-25-23(11-14-33-25)24(28)18-32-22-8-6-20(4)7-9-22/h5-9,11,14,19,21,24,29H,1,10,12-13,15-18H2,2-4H3. The molecule has 2 heterocycles. The molecule has 1 aliphatic heterocycles. The van der Waals surface area contributed by atoms with Gasteiger partial charge in [0.1, 0.15) is 12.4 Å². The molecule has 1 N–H and O–H groups in total. The molecule has 180 valence electrons. The number of thiophene rings is 1. The van der Waals surface area contributed by atoms with E-state index < -0.39 is 6.10 Å². The summed E-state index contributed by atoms with van der Waals surface area (Å²) in [5.41, 5.74) is 2.35. The quantitative estimate of drug-likeness (QED) is 0.476. The van der Waals surface area contributed by atoms with Gasteiger partial charge in [-0.2, -0.15) is 0 Å². The Morgan fingerprint density at radius 2 is 2.09 bits per heavy atom. The van der Waals surface area contributed by atoms with E-state index in [9.17, 15) is 9.90 Å². The highest BCUT2D eigenvalue weighted by Gasteiger charge is 2.33. The molecule has 0 spiro atoms. The van der Waals surface area contributed by atoms with E-state index in [1.807, 2.05) is 54.8 Å². The largest absolute Gasteiger partial charge is 0.491 e. The Balaban J connectivity index is 1.67. The molecule has 2 unspecified atom stereocenters. The maximum absolute atomic E-state index is 13.4. The van der Waals surface area contributed by atoms with Crippen LogP contribution in [0.5, 0.6) is 5.75 Å². The zero-order valence-electron chi connectivity index (χ0n) is 19.9. The third-order valence-corrected chi connectivity index (χ3v) is 6.68. The zero-order valence-corrected chi connectivity index (χ0v) is 20.7. The summed E-state index contributed by atoms with van der Waals surface area (Å²) in [4.78, 5) is 18.6. The second-order valence-electron chi connectivity index (χ2n) is 8.79. The topological polar surface area (TPSA) is 62.2 Å². The average molecular weight is 473 g/mol. The van der Waals surface area contributed by atoms with Crippen LogP contribution in [0, 0.1) is 6.92 Å². The molecular weight excluding hydrogens is 436 g/mol. The molecule has 0 bridgehead atoms. The molecule has 6 nitrogen and oxygen atoms in total. The van der Waals surface area contributed by atoms with Gasteiger partial charge in [-0.3, -0.25) is 9.69 Å². The molecule has 0 fully saturated rings. The first-order valence-electron chi connectivity index (χ1n) is 11.6. The van der Waals surface area contributed by atoms with Gasteiger partial charge < -0.3 is 19.5 Å². The van der Waals surface area contributed by atoms with Crippen LogP contribution in [-0.4, -0.2) is 72.4 Å². The smallest absolute Gasteiger partial charge is 0.237 e. The molecule has 33 heavy (non-hydrogen) atoms. The van der Waals surface area contributed by atoms with E-state index in [0.29, 0.717) is 26.2 Å². The Bertz CT molecular complexity index is 896. The van der Waals surface area contributed by atoms with Crippen molar-refractivity contribution in [2.24, 2.45) is 0 Å². The van der Waals surface area contributed by atoms with Gasteiger partial charge in [0.05, 0.1) is 31.4 Å². The van der Waals surface area contributed by atoms with E-state index in [0.717, 1.165) is 12.2 Å². The number of nitrogens with zero attached hydrogens (tertiary/aromatic N) is 2. The first kappa shape index (κ1) is 25.4. The molecule has 3 rings (SSSR count). The molecule has 0 saturated carbocycles. The molecule has 2 aromatic rings. The molecule has 1 aromatic heterocycles. The van der Waals surface area contributed by atoms with Gasteiger partial charge in [0, 0.05) is 24.5 Å². The van der Waals surface area contributed by atoms with Crippen molar-refractivity contribution in [1.82, 2.24) is 9.80 Å². The van der Waals surface area contributed by atoms with Gasteiger partial charge in [0.25, 0.3) is 0 Å². The lowest BCUT2D eigenvalue weighted by atomic mass is 10.0. The van der Waals surface area contributed by atoms with Gasteiger partial charge in [-0.25, -0.2) is 0 Å². The second kappa shape index (κ2) is 12.3. The molecule has 2 atom stereocenters. The predicted octanol–water partition coefficient (Wildman–Crippen LogP) is 3.84. The number of hydrogen-bond donors (Lipinski definition) is 1. The summed E-state index contributed by atoms with van der Waals surface area (Å²) < 4.78 is 11.6. The molecule has 1 aliphatic rings. The number of carbonyl (C=O) groups is 1. The molecular formula is C26H36N2O4S. The molecule has 1 amide bonds. The number of benzene rings is 1. The Kier molecular flexibility index (Phi) is 9.50. The second-order valence-corrected chi connectivity index (χ2v) is 9.80. The van der Waals surface area contributed by atoms with Gasteiger partial charge in [-0.15, -0.1) is 17.9 Å². The van der Waals surface area contributed by atoms with Gasteiger partial charge in [-0.1, -0.05) is 23.8 Å². The summed E-state index contributed by atoms with van der Waals surface area (Å²) in [5, 5.41) is 12.4. The number of fused-ring (bicyclic) bond motifs is 1. The summed E-state index contributed by atoms with van der Waals surface area (Å²) in [6, 6.07) is 9.95. The lowest BCUT2D eigenvalue weighted by molar-refractivity contribution is -0.136. The Hall–Kier alpha value is -2.19. The Morgan fingerprint density at radius 1 is 1.33 bits per heavy atom. The highest BCUT2D eigenvalue weighted by molar-refractivity contribution is 7.10. The van der Waals surface area contributed by atoms with Gasteiger partial charge in [0.2, 0.25) is 5.91 Å². The molecule has 0 radical (unpaired) electrons. The number of amides is 1. The van der Waals surface area contributed by atoms with E-state index in [-0.39, 0.29) is 31.2 Å². The first-order valence-corrected chi connectivity index (χ1v) is 12.4. The minimum atomic E-state index is -0.661. The first-order chi connectivity index (χ1) is 15.9. The van der Waals surface area contributed by atoms with Crippen LogP contribution in [0.25, 0.3) is 0 Å². The number of ether oxygens (including phenoxy) is 2. The molecule has 0 aliphatic carbocycles. The summed E-state index contributed by atoms with van der Waals surface area (Å²) in [7, 11) is 0. The van der Waals surface area contributed by atoms with Crippen LogP contribution in [0.2, 0.25) is 0 Å². The van der Waals surface area contributed by atoms with E-state index >= 15 is 0 Å². The molecule has 0 saturated heterocycles. The fourth-order valence-corrected chi connectivity index (χ4v) is 4.94. The SMILES string of the molecule is C=CCN(CC(=O)N1CCc2sccc2C1COc1ccc(C)cc1)CC(O)COC(C)C. The van der Waals surface area contributed by atoms with Crippen LogP contribution in [0.4, 0.5) is 0 Å². The fourth-order valence-electron chi connectivity index (χ4n) is 4.01. The third-order valence-electron chi connectivity index (χ3n) is 5.68. The highest BCUT2D eigenvalue weighted by atomic mass is 32.1. The normalized spacial score (nSPS) is 16.7. The van der Waals surface area contributed by atoms with Crippen molar-refractivity contribution in [1.29, 1.82) is 0 Å². The molecule has 1 aromatic carbocycles. The lowest BCUT2D eigenvalue weighted by Crippen LogP contribution is -2.48. The van der Waals surface area contributed by atoms with Gasteiger partial charge >= 0.3 is 0 Å². The van der Waals surface area contributed by atoms with Crippen molar-refractivity contribution in [2.45, 2.75) is 45.4 Å². The summed E-state index contributed by atoms with van der Waals surface area (Å²) in [6.07, 6.45) is 2.00. The van der Waals surface area contributed by atoms with Crippen molar-refractivity contribution in [3.63, 3.8) is 0 Å². The van der Waals surface area contributed by atoms with Crippen LogP contribution in [0.15, 0.2) is 48.4 Å². The third kappa shape index (κ3) is 7.40. The summed E-state index contributed by atoms with van der Waals surface area (Å²) in [6.45, 7) is 12.1. The van der Waals surface area contributed by atoms with Crippen molar-refractivity contribution >= 4 is 17.2 Å². The van der Waals surface area contributed by atoms with Crippen LogP contribution in [0.1, 0.15) is 35.9 Å². The zero-order chi connectivity index (χ0) is 23.8. The highest BCUT2D eigenvalue weighted by Crippen LogP contribution is 2.34. The number of rotatable bonds is 12. The maximum atomic E-state index is 13.4. The Morgan fingerprint density at radius 3 is 2.79 bits per heavy atom. The van der Waals surface area contributed by atoms with E-state index in [1.165, 1.54) is 16.0 Å². The van der Waals surface area contributed by atoms with E-state index in [2.05, 4.69) is 18.0 Å². The van der Waals surface area contributed by atoms with Gasteiger partial charge in [0.15, 0.2) is 0 Å². The van der Waals surface area contributed by atoms with Gasteiger partial charge in [-0.05, 0) is 56.3 Å². The van der Waals surface area contributed by atoms with Crippen molar-refractivity contribution in [3.8, 4) is 5.75 Å².